The van der Waals surface area contributed by atoms with Crippen molar-refractivity contribution < 1.29 is 8.42 Å². The maximum absolute atomic E-state index is 11.9. The second kappa shape index (κ2) is 6.14. The number of benzene rings is 1. The molecule has 17 heavy (non-hydrogen) atoms. The highest BCUT2D eigenvalue weighted by molar-refractivity contribution is 7.92. The maximum atomic E-state index is 11.9. The summed E-state index contributed by atoms with van der Waals surface area (Å²) in [7, 11) is -3.16. The lowest BCUT2D eigenvalue weighted by Gasteiger charge is -2.09. The van der Waals surface area contributed by atoms with Gasteiger partial charge < -0.3 is 11.1 Å². The van der Waals surface area contributed by atoms with E-state index in [1.54, 1.807) is 26.0 Å². The second-order valence-electron chi connectivity index (χ2n) is 4.20. The fourth-order valence-corrected chi connectivity index (χ4v) is 2.46. The van der Waals surface area contributed by atoms with Crippen molar-refractivity contribution in [1.82, 2.24) is 5.32 Å². The molecule has 0 bridgehead atoms. The van der Waals surface area contributed by atoms with Crippen molar-refractivity contribution in [3.05, 3.63) is 29.8 Å². The molecule has 1 aromatic carbocycles. The molecule has 0 saturated carbocycles. The lowest BCUT2D eigenvalue weighted by atomic mass is 10.2. The van der Waals surface area contributed by atoms with E-state index in [-0.39, 0.29) is 5.25 Å². The van der Waals surface area contributed by atoms with Crippen LogP contribution >= 0.6 is 0 Å². The molecule has 1 aromatic rings. The Balaban J connectivity index is 2.75. The Morgan fingerprint density at radius 3 is 2.29 bits per heavy atom. The number of hydrogen-bond donors (Lipinski definition) is 2. The van der Waals surface area contributed by atoms with Gasteiger partial charge in [-0.1, -0.05) is 12.1 Å². The highest BCUT2D eigenvalue weighted by Crippen LogP contribution is 2.16. The van der Waals surface area contributed by atoms with Gasteiger partial charge in [0.25, 0.3) is 0 Å². The molecule has 0 fully saturated rings. The first-order valence-electron chi connectivity index (χ1n) is 5.72. The molecule has 0 unspecified atom stereocenters. The van der Waals surface area contributed by atoms with Crippen LogP contribution in [0.1, 0.15) is 19.4 Å². The molecule has 4 nitrogen and oxygen atoms in total. The molecule has 0 aromatic heterocycles. The summed E-state index contributed by atoms with van der Waals surface area (Å²) >= 11 is 0. The fourth-order valence-electron chi connectivity index (χ4n) is 1.40. The third-order valence-corrected chi connectivity index (χ3v) is 4.69. The van der Waals surface area contributed by atoms with Crippen LogP contribution in [-0.2, 0) is 16.4 Å². The first-order chi connectivity index (χ1) is 7.98. The Bertz CT molecular complexity index is 438. The summed E-state index contributed by atoms with van der Waals surface area (Å²) in [4.78, 5) is 0.384. The van der Waals surface area contributed by atoms with Gasteiger partial charge in [-0.25, -0.2) is 8.42 Å². The molecular weight excluding hydrogens is 236 g/mol. The van der Waals surface area contributed by atoms with Gasteiger partial charge in [-0.05, 0) is 31.5 Å². The largest absolute Gasteiger partial charge is 0.329 e. The van der Waals surface area contributed by atoms with Gasteiger partial charge in [0.15, 0.2) is 9.84 Å². The quantitative estimate of drug-likeness (QED) is 0.742. The molecule has 0 radical (unpaired) electrons. The predicted octanol–water partition coefficient (Wildman–Crippen LogP) is 0.917. The minimum atomic E-state index is -3.16. The molecule has 1 rings (SSSR count). The molecular formula is C12H20N2O2S. The standard InChI is InChI=1S/C12H20N2O2S/c1-10(2)17(15,16)12-5-3-11(4-6-12)9-14-8-7-13/h3-6,10,14H,7-9,13H2,1-2H3. The van der Waals surface area contributed by atoms with Gasteiger partial charge in [0.1, 0.15) is 0 Å². The summed E-state index contributed by atoms with van der Waals surface area (Å²) in [5.41, 5.74) is 6.42. The van der Waals surface area contributed by atoms with Crippen molar-refractivity contribution >= 4 is 9.84 Å². The molecule has 0 aliphatic heterocycles. The molecule has 0 aliphatic carbocycles. The zero-order valence-corrected chi connectivity index (χ0v) is 11.1. The lowest BCUT2D eigenvalue weighted by Crippen LogP contribution is -2.21. The van der Waals surface area contributed by atoms with Gasteiger partial charge in [-0.2, -0.15) is 0 Å². The predicted molar refractivity (Wildman–Crippen MR) is 69.5 cm³/mol. The van der Waals surface area contributed by atoms with Crippen molar-refractivity contribution in [1.29, 1.82) is 0 Å². The Hall–Kier alpha value is -0.910. The third kappa shape index (κ3) is 3.80. The molecule has 0 amide bonds. The van der Waals surface area contributed by atoms with E-state index in [0.717, 1.165) is 12.1 Å². The Morgan fingerprint density at radius 1 is 1.24 bits per heavy atom. The number of sulfone groups is 1. The summed E-state index contributed by atoms with van der Waals surface area (Å²) in [6, 6.07) is 6.99. The summed E-state index contributed by atoms with van der Waals surface area (Å²) < 4.78 is 23.7. The number of nitrogens with two attached hydrogens (primary N) is 1. The highest BCUT2D eigenvalue weighted by atomic mass is 32.2. The van der Waals surface area contributed by atoms with E-state index in [0.29, 0.717) is 18.0 Å². The number of rotatable bonds is 6. The van der Waals surface area contributed by atoms with Gasteiger partial charge in [-0.15, -0.1) is 0 Å². The maximum Gasteiger partial charge on any atom is 0.180 e. The molecule has 5 heteroatoms. The minimum Gasteiger partial charge on any atom is -0.329 e. The van der Waals surface area contributed by atoms with Crippen LogP contribution in [0.4, 0.5) is 0 Å². The first-order valence-corrected chi connectivity index (χ1v) is 7.26. The van der Waals surface area contributed by atoms with Crippen LogP contribution in [0.15, 0.2) is 29.2 Å². The third-order valence-electron chi connectivity index (χ3n) is 2.52. The topological polar surface area (TPSA) is 72.2 Å². The zero-order chi connectivity index (χ0) is 12.9. The summed E-state index contributed by atoms with van der Waals surface area (Å²) in [6.45, 7) is 5.43. The van der Waals surface area contributed by atoms with E-state index in [1.165, 1.54) is 0 Å². The van der Waals surface area contributed by atoms with Crippen LogP contribution in [0.2, 0.25) is 0 Å². The average molecular weight is 256 g/mol. The van der Waals surface area contributed by atoms with Crippen molar-refractivity contribution in [3.8, 4) is 0 Å². The van der Waals surface area contributed by atoms with Gasteiger partial charge in [0, 0.05) is 19.6 Å². The van der Waals surface area contributed by atoms with Gasteiger partial charge in [0.05, 0.1) is 10.1 Å². The Labute approximate surface area is 103 Å². The summed E-state index contributed by atoms with van der Waals surface area (Å²) in [5.74, 6) is 0. The SMILES string of the molecule is CC(C)S(=O)(=O)c1ccc(CNCCN)cc1. The second-order valence-corrected chi connectivity index (χ2v) is 6.71. The van der Waals surface area contributed by atoms with Gasteiger partial charge >= 0.3 is 0 Å². The molecule has 0 heterocycles. The molecule has 96 valence electrons. The smallest absolute Gasteiger partial charge is 0.180 e. The summed E-state index contributed by atoms with van der Waals surface area (Å²) in [6.07, 6.45) is 0. The van der Waals surface area contributed by atoms with Crippen LogP contribution in [0.5, 0.6) is 0 Å². The van der Waals surface area contributed by atoms with E-state index in [1.807, 2.05) is 12.1 Å². The zero-order valence-electron chi connectivity index (χ0n) is 10.3. The Kier molecular flexibility index (Phi) is 5.11. The normalized spacial score (nSPS) is 12.0. The number of hydrogen-bond acceptors (Lipinski definition) is 4. The van der Waals surface area contributed by atoms with Crippen LogP contribution < -0.4 is 11.1 Å². The molecule has 0 atom stereocenters. The van der Waals surface area contributed by atoms with E-state index >= 15 is 0 Å². The van der Waals surface area contributed by atoms with E-state index < -0.39 is 9.84 Å². The van der Waals surface area contributed by atoms with Crippen molar-refractivity contribution in [2.24, 2.45) is 5.73 Å². The van der Waals surface area contributed by atoms with E-state index in [4.69, 9.17) is 5.73 Å². The van der Waals surface area contributed by atoms with Crippen LogP contribution in [-0.4, -0.2) is 26.8 Å². The monoisotopic (exact) mass is 256 g/mol. The highest BCUT2D eigenvalue weighted by Gasteiger charge is 2.18. The lowest BCUT2D eigenvalue weighted by molar-refractivity contribution is 0.587. The first kappa shape index (κ1) is 14.2. The average Bonchev–Trinajstić information content (AvgIpc) is 2.30. The van der Waals surface area contributed by atoms with Crippen LogP contribution in [0.25, 0.3) is 0 Å². The molecule has 0 saturated heterocycles. The fraction of sp³-hybridized carbons (Fsp3) is 0.500. The van der Waals surface area contributed by atoms with Gasteiger partial charge in [0.2, 0.25) is 0 Å². The van der Waals surface area contributed by atoms with Crippen molar-refractivity contribution in [3.63, 3.8) is 0 Å². The summed E-state index contributed by atoms with van der Waals surface area (Å²) in [5, 5.41) is 2.77. The van der Waals surface area contributed by atoms with Gasteiger partial charge in [-0.3, -0.25) is 0 Å². The molecule has 0 aliphatic rings. The van der Waals surface area contributed by atoms with Crippen LogP contribution in [0.3, 0.4) is 0 Å². The van der Waals surface area contributed by atoms with Crippen molar-refractivity contribution in [2.45, 2.75) is 30.5 Å². The van der Waals surface area contributed by atoms with E-state index in [9.17, 15) is 8.42 Å². The van der Waals surface area contributed by atoms with E-state index in [2.05, 4.69) is 5.32 Å². The number of nitrogens with one attached hydrogen (secondary N) is 1. The minimum absolute atomic E-state index is 0.384. The van der Waals surface area contributed by atoms with Crippen molar-refractivity contribution in [2.75, 3.05) is 13.1 Å². The van der Waals surface area contributed by atoms with Crippen LogP contribution in [0, 0.1) is 0 Å². The Morgan fingerprint density at radius 2 is 1.82 bits per heavy atom. The molecule has 3 N–H and O–H groups in total. The molecule has 0 spiro atoms.